The molecule has 2 saturated heterocycles. The number of hydrogen-bond donors (Lipinski definition) is 0. The van der Waals surface area contributed by atoms with E-state index in [1.807, 2.05) is 0 Å². The molecule has 2 heteroatoms. The molecular formula is C9H15NO. The second-order valence-electron chi connectivity index (χ2n) is 4.68. The zero-order valence-electron chi connectivity index (χ0n) is 7.05. The fourth-order valence-corrected chi connectivity index (χ4v) is 2.51. The van der Waals surface area contributed by atoms with Crippen molar-refractivity contribution in [1.29, 1.82) is 0 Å². The van der Waals surface area contributed by atoms with Crippen LogP contribution in [0, 0.1) is 11.3 Å². The molecule has 1 saturated carbocycles. The third-order valence-electron chi connectivity index (χ3n) is 3.69. The molecular weight excluding hydrogens is 138 g/mol. The lowest BCUT2D eigenvalue weighted by molar-refractivity contribution is -0.0620. The van der Waals surface area contributed by atoms with Gasteiger partial charge in [0.1, 0.15) is 0 Å². The molecule has 1 aliphatic carbocycles. The van der Waals surface area contributed by atoms with Crippen LogP contribution in [0.5, 0.6) is 0 Å². The first-order valence-corrected chi connectivity index (χ1v) is 4.60. The number of ether oxygens (including phenoxy) is 1. The van der Waals surface area contributed by atoms with Gasteiger partial charge in [0.05, 0.1) is 19.3 Å². The Balaban J connectivity index is 1.66. The van der Waals surface area contributed by atoms with Crippen molar-refractivity contribution in [1.82, 2.24) is 4.90 Å². The average molecular weight is 153 g/mol. The summed E-state index contributed by atoms with van der Waals surface area (Å²) >= 11 is 0. The van der Waals surface area contributed by atoms with E-state index in [9.17, 15) is 0 Å². The van der Waals surface area contributed by atoms with Crippen molar-refractivity contribution < 1.29 is 4.74 Å². The maximum absolute atomic E-state index is 5.19. The molecule has 0 bridgehead atoms. The van der Waals surface area contributed by atoms with Crippen molar-refractivity contribution in [2.45, 2.75) is 19.4 Å². The highest BCUT2D eigenvalue weighted by atomic mass is 16.5. The molecule has 2 unspecified atom stereocenters. The van der Waals surface area contributed by atoms with Crippen LogP contribution in [0.3, 0.4) is 0 Å². The van der Waals surface area contributed by atoms with Crippen LogP contribution in [0.15, 0.2) is 0 Å². The van der Waals surface area contributed by atoms with Crippen molar-refractivity contribution in [3.8, 4) is 0 Å². The van der Waals surface area contributed by atoms with Gasteiger partial charge in [-0.2, -0.15) is 0 Å². The standard InChI is InChI=1S/C9H15NO/c1-9-2-7(9)3-10(6-9)8-4-11-5-8/h7-8H,2-6H2,1H3. The Kier molecular flexibility index (Phi) is 1.06. The van der Waals surface area contributed by atoms with Gasteiger partial charge in [-0.25, -0.2) is 0 Å². The third kappa shape index (κ3) is 0.798. The van der Waals surface area contributed by atoms with Gasteiger partial charge in [0.2, 0.25) is 0 Å². The van der Waals surface area contributed by atoms with Gasteiger partial charge in [0.15, 0.2) is 0 Å². The number of fused-ring (bicyclic) bond motifs is 1. The highest BCUT2D eigenvalue weighted by molar-refractivity contribution is 5.08. The minimum absolute atomic E-state index is 0.718. The molecule has 2 aliphatic heterocycles. The van der Waals surface area contributed by atoms with Crippen LogP contribution in [0.1, 0.15) is 13.3 Å². The molecule has 0 spiro atoms. The van der Waals surface area contributed by atoms with Gasteiger partial charge in [-0.15, -0.1) is 0 Å². The zero-order valence-corrected chi connectivity index (χ0v) is 7.05. The molecule has 0 radical (unpaired) electrons. The Hall–Kier alpha value is -0.0800. The monoisotopic (exact) mass is 153 g/mol. The Morgan fingerprint density at radius 3 is 2.73 bits per heavy atom. The summed E-state index contributed by atoms with van der Waals surface area (Å²) in [4.78, 5) is 2.62. The van der Waals surface area contributed by atoms with E-state index in [4.69, 9.17) is 4.74 Å². The first-order chi connectivity index (χ1) is 5.28. The van der Waals surface area contributed by atoms with Gasteiger partial charge in [0.25, 0.3) is 0 Å². The van der Waals surface area contributed by atoms with E-state index < -0.39 is 0 Å². The largest absolute Gasteiger partial charge is 0.378 e. The molecule has 3 rings (SSSR count). The van der Waals surface area contributed by atoms with E-state index in [2.05, 4.69) is 11.8 Å². The molecule has 0 aromatic carbocycles. The lowest BCUT2D eigenvalue weighted by Crippen LogP contribution is -2.48. The molecule has 0 N–H and O–H groups in total. The fourth-order valence-electron chi connectivity index (χ4n) is 2.51. The van der Waals surface area contributed by atoms with E-state index in [-0.39, 0.29) is 0 Å². The number of piperidine rings is 1. The molecule has 2 atom stereocenters. The van der Waals surface area contributed by atoms with Crippen molar-refractivity contribution in [2.24, 2.45) is 11.3 Å². The van der Waals surface area contributed by atoms with Crippen LogP contribution >= 0.6 is 0 Å². The summed E-state index contributed by atoms with van der Waals surface area (Å²) in [6.45, 7) is 7.10. The van der Waals surface area contributed by atoms with Gasteiger partial charge in [-0.05, 0) is 17.8 Å². The van der Waals surface area contributed by atoms with Crippen LogP contribution in [-0.4, -0.2) is 37.2 Å². The van der Waals surface area contributed by atoms with Gasteiger partial charge < -0.3 is 4.74 Å². The second-order valence-corrected chi connectivity index (χ2v) is 4.68. The molecule has 3 fully saturated rings. The number of nitrogens with zero attached hydrogens (tertiary/aromatic N) is 1. The minimum Gasteiger partial charge on any atom is -0.378 e. The summed E-state index contributed by atoms with van der Waals surface area (Å²) in [6.07, 6.45) is 1.48. The van der Waals surface area contributed by atoms with E-state index >= 15 is 0 Å². The van der Waals surface area contributed by atoms with Crippen molar-refractivity contribution in [3.63, 3.8) is 0 Å². The SMILES string of the molecule is CC12CC1CN(C1COC1)C2. The van der Waals surface area contributed by atoms with Crippen LogP contribution in [0.4, 0.5) is 0 Å². The number of likely N-dealkylation sites (tertiary alicyclic amines) is 1. The van der Waals surface area contributed by atoms with Crippen molar-refractivity contribution in [3.05, 3.63) is 0 Å². The lowest BCUT2D eigenvalue weighted by Gasteiger charge is -2.35. The highest BCUT2D eigenvalue weighted by Crippen LogP contribution is 2.57. The molecule has 2 heterocycles. The molecule has 0 amide bonds. The minimum atomic E-state index is 0.718. The molecule has 2 nitrogen and oxygen atoms in total. The van der Waals surface area contributed by atoms with Crippen LogP contribution in [0.2, 0.25) is 0 Å². The molecule has 11 heavy (non-hydrogen) atoms. The van der Waals surface area contributed by atoms with Gasteiger partial charge in [-0.1, -0.05) is 6.92 Å². The summed E-state index contributed by atoms with van der Waals surface area (Å²) < 4.78 is 5.19. The predicted molar refractivity (Wildman–Crippen MR) is 42.4 cm³/mol. The van der Waals surface area contributed by atoms with Crippen LogP contribution in [0.25, 0.3) is 0 Å². The maximum atomic E-state index is 5.19. The molecule has 3 aliphatic rings. The van der Waals surface area contributed by atoms with E-state index in [1.165, 1.54) is 19.5 Å². The van der Waals surface area contributed by atoms with Crippen molar-refractivity contribution >= 4 is 0 Å². The average Bonchev–Trinajstić information content (AvgIpc) is 2.28. The van der Waals surface area contributed by atoms with Crippen molar-refractivity contribution in [2.75, 3.05) is 26.3 Å². The second kappa shape index (κ2) is 1.80. The molecule has 0 aromatic heterocycles. The van der Waals surface area contributed by atoms with Gasteiger partial charge in [-0.3, -0.25) is 4.90 Å². The van der Waals surface area contributed by atoms with Crippen LogP contribution in [-0.2, 0) is 4.74 Å². The number of hydrogen-bond acceptors (Lipinski definition) is 2. The third-order valence-corrected chi connectivity index (χ3v) is 3.69. The lowest BCUT2D eigenvalue weighted by atomic mass is 10.1. The highest BCUT2D eigenvalue weighted by Gasteiger charge is 2.57. The predicted octanol–water partition coefficient (Wildman–Crippen LogP) is 0.727. The molecule has 62 valence electrons. The normalized spacial score (nSPS) is 50.5. The first kappa shape index (κ1) is 6.44. The summed E-state index contributed by atoms with van der Waals surface area (Å²) in [5.41, 5.74) is 0.718. The summed E-state index contributed by atoms with van der Waals surface area (Å²) in [5, 5.41) is 0. The maximum Gasteiger partial charge on any atom is 0.0645 e. The zero-order chi connectivity index (χ0) is 7.47. The van der Waals surface area contributed by atoms with Crippen LogP contribution < -0.4 is 0 Å². The summed E-state index contributed by atoms with van der Waals surface area (Å²) in [6, 6.07) is 0.777. The first-order valence-electron chi connectivity index (χ1n) is 4.60. The Morgan fingerprint density at radius 2 is 2.27 bits per heavy atom. The quantitative estimate of drug-likeness (QED) is 0.550. The Labute approximate surface area is 67.5 Å². The Morgan fingerprint density at radius 1 is 1.45 bits per heavy atom. The summed E-state index contributed by atoms with van der Waals surface area (Å²) in [7, 11) is 0. The van der Waals surface area contributed by atoms with Gasteiger partial charge >= 0.3 is 0 Å². The topological polar surface area (TPSA) is 12.5 Å². The van der Waals surface area contributed by atoms with E-state index in [1.54, 1.807) is 0 Å². The molecule has 0 aromatic rings. The van der Waals surface area contributed by atoms with E-state index in [0.29, 0.717) is 0 Å². The number of rotatable bonds is 1. The Bertz CT molecular complexity index is 190. The smallest absolute Gasteiger partial charge is 0.0645 e. The van der Waals surface area contributed by atoms with E-state index in [0.717, 1.165) is 30.6 Å². The summed E-state index contributed by atoms with van der Waals surface area (Å²) in [5.74, 6) is 1.03. The fraction of sp³-hybridized carbons (Fsp3) is 1.00. The van der Waals surface area contributed by atoms with Gasteiger partial charge in [0, 0.05) is 13.1 Å².